The number of fused-ring (bicyclic) bond motifs is 1. The first-order valence-electron chi connectivity index (χ1n) is 8.33. The molecule has 1 aliphatic carbocycles. The van der Waals surface area contributed by atoms with Crippen LogP contribution in [-0.4, -0.2) is 11.8 Å². The summed E-state index contributed by atoms with van der Waals surface area (Å²) in [4.78, 5) is 1.48. The molecular formula is C19H29NS. The Hall–Kier alpha value is -0.470. The Kier molecular flexibility index (Phi) is 4.13. The molecule has 1 saturated carbocycles. The lowest BCUT2D eigenvalue weighted by atomic mass is 9.63. The number of rotatable bonds is 2. The second kappa shape index (κ2) is 5.62. The molecule has 1 atom stereocenters. The first kappa shape index (κ1) is 15.4. The average molecular weight is 304 g/mol. The highest BCUT2D eigenvalue weighted by Gasteiger charge is 2.39. The summed E-state index contributed by atoms with van der Waals surface area (Å²) < 4.78 is 0. The summed E-state index contributed by atoms with van der Waals surface area (Å²) >= 11 is 2.01. The number of hydrogen-bond donors (Lipinski definition) is 1. The summed E-state index contributed by atoms with van der Waals surface area (Å²) in [5.74, 6) is 1.24. The van der Waals surface area contributed by atoms with E-state index in [1.165, 1.54) is 41.9 Å². The molecule has 2 heteroatoms. The number of thioether (sulfide) groups is 1. The van der Waals surface area contributed by atoms with Crippen LogP contribution in [-0.2, 0) is 0 Å². The number of hydrogen-bond acceptors (Lipinski definition) is 2. The summed E-state index contributed by atoms with van der Waals surface area (Å²) in [5, 5.41) is 4.01. The Morgan fingerprint density at radius 1 is 1.05 bits per heavy atom. The van der Waals surface area contributed by atoms with Crippen molar-refractivity contribution in [1.29, 1.82) is 0 Å². The van der Waals surface area contributed by atoms with Gasteiger partial charge in [-0.3, -0.25) is 0 Å². The predicted octanol–water partition coefficient (Wildman–Crippen LogP) is 5.42. The molecule has 21 heavy (non-hydrogen) atoms. The van der Waals surface area contributed by atoms with Gasteiger partial charge in [0, 0.05) is 17.0 Å². The topological polar surface area (TPSA) is 12.0 Å². The summed E-state index contributed by atoms with van der Waals surface area (Å²) in [6.07, 6.45) is 5.22. The normalized spacial score (nSPS) is 28.1. The maximum Gasteiger partial charge on any atom is 0.0341 e. The van der Waals surface area contributed by atoms with Gasteiger partial charge in [-0.1, -0.05) is 45.9 Å². The Bertz CT molecular complexity index is 490. The second-order valence-corrected chi connectivity index (χ2v) is 9.64. The van der Waals surface area contributed by atoms with Crippen molar-refractivity contribution in [2.24, 2.45) is 10.8 Å². The van der Waals surface area contributed by atoms with E-state index in [1.54, 1.807) is 0 Å². The van der Waals surface area contributed by atoms with Gasteiger partial charge in [0.25, 0.3) is 0 Å². The molecule has 1 nitrogen and oxygen atoms in total. The molecule has 1 aromatic rings. The third-order valence-corrected chi connectivity index (χ3v) is 6.07. The Morgan fingerprint density at radius 3 is 2.43 bits per heavy atom. The van der Waals surface area contributed by atoms with E-state index in [0.29, 0.717) is 22.9 Å². The first-order valence-corrected chi connectivity index (χ1v) is 9.31. The van der Waals surface area contributed by atoms with Gasteiger partial charge < -0.3 is 5.32 Å². The Balaban J connectivity index is 1.75. The largest absolute Gasteiger partial charge is 0.307 e. The molecule has 1 heterocycles. The van der Waals surface area contributed by atoms with E-state index in [4.69, 9.17) is 0 Å². The molecule has 1 fully saturated rings. The molecule has 3 rings (SSSR count). The lowest BCUT2D eigenvalue weighted by molar-refractivity contribution is 0.0797. The summed E-state index contributed by atoms with van der Waals surface area (Å²) in [6, 6.07) is 10.2. The molecule has 116 valence electrons. The maximum absolute atomic E-state index is 4.01. The van der Waals surface area contributed by atoms with E-state index in [0.717, 1.165) is 0 Å². The van der Waals surface area contributed by atoms with Gasteiger partial charge in [-0.2, -0.15) is 0 Å². The van der Waals surface area contributed by atoms with Crippen molar-refractivity contribution >= 4 is 11.8 Å². The van der Waals surface area contributed by atoms with Crippen molar-refractivity contribution in [3.05, 3.63) is 29.8 Å². The minimum absolute atomic E-state index is 0.461. The standard InChI is InChI=1S/C19H29NS/c1-18(2)11-14(12-19(3,4)13-18)20-16-9-10-21-17-8-6-5-7-15(16)17/h5-8,14,16,20H,9-13H2,1-4H3. The number of nitrogens with one attached hydrogen (secondary N) is 1. The molecule has 0 amide bonds. The molecular weight excluding hydrogens is 274 g/mol. The average Bonchev–Trinajstić information content (AvgIpc) is 2.35. The summed E-state index contributed by atoms with van der Waals surface area (Å²) in [5.41, 5.74) is 2.44. The smallest absolute Gasteiger partial charge is 0.0341 e. The van der Waals surface area contributed by atoms with E-state index in [9.17, 15) is 0 Å². The fourth-order valence-corrected chi connectivity index (χ4v) is 5.89. The van der Waals surface area contributed by atoms with Crippen molar-refractivity contribution in [1.82, 2.24) is 5.32 Å². The van der Waals surface area contributed by atoms with Crippen LogP contribution in [0.15, 0.2) is 29.2 Å². The quantitative estimate of drug-likeness (QED) is 0.783. The molecule has 1 unspecified atom stereocenters. The van der Waals surface area contributed by atoms with Crippen molar-refractivity contribution in [2.45, 2.75) is 70.4 Å². The van der Waals surface area contributed by atoms with Crippen LogP contribution in [0.2, 0.25) is 0 Å². The second-order valence-electron chi connectivity index (χ2n) is 8.50. The van der Waals surface area contributed by atoms with E-state index in [2.05, 4.69) is 57.3 Å². The maximum atomic E-state index is 4.01. The zero-order chi connectivity index (χ0) is 15.1. The minimum Gasteiger partial charge on any atom is -0.307 e. The van der Waals surface area contributed by atoms with Gasteiger partial charge in [0.2, 0.25) is 0 Å². The zero-order valence-electron chi connectivity index (χ0n) is 13.9. The molecule has 1 aromatic carbocycles. The third kappa shape index (κ3) is 3.65. The molecule has 0 saturated heterocycles. The van der Waals surface area contributed by atoms with Gasteiger partial charge in [-0.25, -0.2) is 0 Å². The van der Waals surface area contributed by atoms with E-state index in [1.807, 2.05) is 11.8 Å². The highest BCUT2D eigenvalue weighted by Crippen LogP contribution is 2.46. The molecule has 0 bridgehead atoms. The van der Waals surface area contributed by atoms with Crippen LogP contribution >= 0.6 is 11.8 Å². The highest BCUT2D eigenvalue weighted by atomic mass is 32.2. The third-order valence-electron chi connectivity index (χ3n) is 4.95. The Morgan fingerprint density at radius 2 is 1.71 bits per heavy atom. The van der Waals surface area contributed by atoms with Crippen molar-refractivity contribution < 1.29 is 0 Å². The molecule has 0 radical (unpaired) electrons. The monoisotopic (exact) mass is 303 g/mol. The summed E-state index contributed by atoms with van der Waals surface area (Å²) in [7, 11) is 0. The Labute approximate surface area is 134 Å². The van der Waals surface area contributed by atoms with Crippen LogP contribution in [0.3, 0.4) is 0 Å². The van der Waals surface area contributed by atoms with Crippen molar-refractivity contribution in [3.8, 4) is 0 Å². The van der Waals surface area contributed by atoms with Crippen LogP contribution < -0.4 is 5.32 Å². The van der Waals surface area contributed by atoms with E-state index < -0.39 is 0 Å². The van der Waals surface area contributed by atoms with Gasteiger partial charge in [-0.15, -0.1) is 11.8 Å². The predicted molar refractivity (Wildman–Crippen MR) is 92.9 cm³/mol. The molecule has 2 aliphatic rings. The van der Waals surface area contributed by atoms with Gasteiger partial charge in [0.1, 0.15) is 0 Å². The van der Waals surface area contributed by atoms with Gasteiger partial charge in [0.15, 0.2) is 0 Å². The van der Waals surface area contributed by atoms with Gasteiger partial charge in [0.05, 0.1) is 0 Å². The van der Waals surface area contributed by atoms with Gasteiger partial charge >= 0.3 is 0 Å². The van der Waals surface area contributed by atoms with Gasteiger partial charge in [-0.05, 0) is 53.9 Å². The zero-order valence-corrected chi connectivity index (χ0v) is 14.7. The molecule has 0 spiro atoms. The van der Waals surface area contributed by atoms with Crippen molar-refractivity contribution in [3.63, 3.8) is 0 Å². The number of benzene rings is 1. The van der Waals surface area contributed by atoms with E-state index in [-0.39, 0.29) is 0 Å². The van der Waals surface area contributed by atoms with E-state index >= 15 is 0 Å². The fraction of sp³-hybridized carbons (Fsp3) is 0.684. The molecule has 0 aromatic heterocycles. The summed E-state index contributed by atoms with van der Waals surface area (Å²) in [6.45, 7) is 9.75. The van der Waals surface area contributed by atoms with Crippen LogP contribution in [0, 0.1) is 10.8 Å². The SMILES string of the molecule is CC1(C)CC(NC2CCSc3ccccc32)CC(C)(C)C1. The van der Waals surface area contributed by atoms with Crippen LogP contribution in [0.1, 0.15) is 65.0 Å². The minimum atomic E-state index is 0.461. The fourth-order valence-electron chi connectivity index (χ4n) is 4.76. The highest BCUT2D eigenvalue weighted by molar-refractivity contribution is 7.99. The first-order chi connectivity index (χ1) is 9.85. The lowest BCUT2D eigenvalue weighted by Gasteiger charge is -2.46. The van der Waals surface area contributed by atoms with Crippen LogP contribution in [0.25, 0.3) is 0 Å². The molecule has 1 N–H and O–H groups in total. The van der Waals surface area contributed by atoms with Crippen LogP contribution in [0.5, 0.6) is 0 Å². The van der Waals surface area contributed by atoms with Crippen molar-refractivity contribution in [2.75, 3.05) is 5.75 Å². The lowest BCUT2D eigenvalue weighted by Crippen LogP contribution is -2.45. The van der Waals surface area contributed by atoms with Crippen LogP contribution in [0.4, 0.5) is 0 Å². The molecule has 1 aliphatic heterocycles.